The van der Waals surface area contributed by atoms with Crippen LogP contribution in [0.25, 0.3) is 0 Å². The predicted molar refractivity (Wildman–Crippen MR) is 120 cm³/mol. The lowest BCUT2D eigenvalue weighted by molar-refractivity contribution is -0.155. The molecule has 2 N–H and O–H groups in total. The Kier molecular flexibility index (Phi) is 7.21. The second-order valence-corrected chi connectivity index (χ2v) is 8.96. The maximum absolute atomic E-state index is 13.0. The third-order valence-electron chi connectivity index (χ3n) is 6.83. The lowest BCUT2D eigenvalue weighted by Gasteiger charge is -2.36. The van der Waals surface area contributed by atoms with Crippen molar-refractivity contribution in [2.45, 2.75) is 77.4 Å². The van der Waals surface area contributed by atoms with Crippen molar-refractivity contribution in [1.82, 2.24) is 10.2 Å². The molecular formula is C24H33N3O5. The Labute approximate surface area is 189 Å². The summed E-state index contributed by atoms with van der Waals surface area (Å²) in [5, 5.41) is 5.62. The van der Waals surface area contributed by atoms with Crippen molar-refractivity contribution in [3.8, 4) is 0 Å². The van der Waals surface area contributed by atoms with Gasteiger partial charge in [0.2, 0.25) is 0 Å². The van der Waals surface area contributed by atoms with Crippen molar-refractivity contribution >= 4 is 29.5 Å². The molecule has 2 fully saturated rings. The summed E-state index contributed by atoms with van der Waals surface area (Å²) in [7, 11) is 0. The zero-order valence-electron chi connectivity index (χ0n) is 19.3. The van der Waals surface area contributed by atoms with Crippen LogP contribution < -0.4 is 10.6 Å². The molecule has 3 rings (SSSR count). The molecule has 1 aromatic rings. The summed E-state index contributed by atoms with van der Waals surface area (Å²) in [5.74, 6) is -1.38. The van der Waals surface area contributed by atoms with E-state index in [1.807, 2.05) is 31.2 Å². The van der Waals surface area contributed by atoms with Crippen LogP contribution in [0.3, 0.4) is 0 Å². The molecule has 1 aliphatic carbocycles. The van der Waals surface area contributed by atoms with Crippen LogP contribution in [0.4, 0.5) is 10.5 Å². The van der Waals surface area contributed by atoms with Gasteiger partial charge in [-0.1, -0.05) is 51.8 Å². The largest absolute Gasteiger partial charge is 0.451 e. The second kappa shape index (κ2) is 9.71. The van der Waals surface area contributed by atoms with Gasteiger partial charge in [-0.15, -0.1) is 0 Å². The van der Waals surface area contributed by atoms with Gasteiger partial charge in [-0.2, -0.15) is 0 Å². The molecular weight excluding hydrogens is 410 g/mol. The standard InChI is InChI=1S/C24H33N3O5/c1-5-15(2)18-11-6-7-12-19(18)25-21(29)17(4)32-20(28)14-27-22(30)24(26-23(27)31)13-9-8-10-16(24)3/h6-7,11-12,15-17H,5,8-10,13-14H2,1-4H3,(H,25,29)(H,26,31)/t15-,16+,17+,24-/m1/s1. The van der Waals surface area contributed by atoms with Gasteiger partial charge in [-0.05, 0) is 49.7 Å². The minimum Gasteiger partial charge on any atom is -0.451 e. The monoisotopic (exact) mass is 443 g/mol. The lowest BCUT2D eigenvalue weighted by atomic mass is 9.73. The smallest absolute Gasteiger partial charge is 0.327 e. The average Bonchev–Trinajstić information content (AvgIpc) is 3.00. The number of carbonyl (C=O) groups excluding carboxylic acids is 4. The molecule has 0 unspecified atom stereocenters. The number of imide groups is 1. The summed E-state index contributed by atoms with van der Waals surface area (Å²) in [4.78, 5) is 51.4. The normalized spacial score (nSPS) is 24.8. The fourth-order valence-electron chi connectivity index (χ4n) is 4.55. The van der Waals surface area contributed by atoms with Crippen LogP contribution in [0.15, 0.2) is 24.3 Å². The Bertz CT molecular complexity index is 901. The van der Waals surface area contributed by atoms with Crippen LogP contribution in [-0.4, -0.2) is 46.9 Å². The molecule has 32 heavy (non-hydrogen) atoms. The van der Waals surface area contributed by atoms with E-state index >= 15 is 0 Å². The van der Waals surface area contributed by atoms with Crippen molar-refractivity contribution in [1.29, 1.82) is 0 Å². The van der Waals surface area contributed by atoms with Crippen molar-refractivity contribution in [2.75, 3.05) is 11.9 Å². The van der Waals surface area contributed by atoms with Gasteiger partial charge in [0, 0.05) is 5.69 Å². The van der Waals surface area contributed by atoms with Crippen LogP contribution in [0.1, 0.15) is 71.3 Å². The van der Waals surface area contributed by atoms with E-state index in [-0.39, 0.29) is 17.7 Å². The number of para-hydroxylation sites is 1. The Balaban J connectivity index is 1.60. The Hall–Kier alpha value is -2.90. The molecule has 1 saturated carbocycles. The Morgan fingerprint density at radius 2 is 1.97 bits per heavy atom. The maximum atomic E-state index is 13.0. The molecule has 8 heteroatoms. The summed E-state index contributed by atoms with van der Waals surface area (Å²) in [5.41, 5.74) is 0.753. The number of anilines is 1. The third kappa shape index (κ3) is 4.64. The van der Waals surface area contributed by atoms with Gasteiger partial charge < -0.3 is 15.4 Å². The molecule has 2 aliphatic rings. The molecule has 1 aliphatic heterocycles. The average molecular weight is 444 g/mol. The SMILES string of the molecule is CC[C@@H](C)c1ccccc1NC(=O)[C@H](C)OC(=O)CN1C(=O)N[C@@]2(CCCC[C@@H]2C)C1=O. The van der Waals surface area contributed by atoms with Gasteiger partial charge in [0.05, 0.1) is 0 Å². The van der Waals surface area contributed by atoms with E-state index < -0.39 is 36.1 Å². The molecule has 0 aromatic heterocycles. The zero-order chi connectivity index (χ0) is 23.5. The number of nitrogens with zero attached hydrogens (tertiary/aromatic N) is 1. The van der Waals surface area contributed by atoms with Gasteiger partial charge in [0.25, 0.3) is 11.8 Å². The lowest BCUT2D eigenvalue weighted by Crippen LogP contribution is -2.54. The Morgan fingerprint density at radius 3 is 2.66 bits per heavy atom. The van der Waals surface area contributed by atoms with Crippen LogP contribution in [0, 0.1) is 5.92 Å². The number of rotatable bonds is 7. The second-order valence-electron chi connectivity index (χ2n) is 8.96. The minimum atomic E-state index is -1.07. The van der Waals surface area contributed by atoms with Crippen LogP contribution >= 0.6 is 0 Å². The molecule has 4 atom stereocenters. The van der Waals surface area contributed by atoms with E-state index in [0.29, 0.717) is 12.1 Å². The zero-order valence-corrected chi connectivity index (χ0v) is 19.3. The molecule has 0 bridgehead atoms. The van der Waals surface area contributed by atoms with E-state index in [2.05, 4.69) is 24.5 Å². The van der Waals surface area contributed by atoms with E-state index in [9.17, 15) is 19.2 Å². The van der Waals surface area contributed by atoms with Gasteiger partial charge >= 0.3 is 12.0 Å². The molecule has 174 valence electrons. The molecule has 8 nitrogen and oxygen atoms in total. The van der Waals surface area contributed by atoms with E-state index in [1.54, 1.807) is 0 Å². The van der Waals surface area contributed by atoms with Gasteiger partial charge in [-0.25, -0.2) is 4.79 Å². The summed E-state index contributed by atoms with van der Waals surface area (Å²) >= 11 is 0. The molecule has 1 saturated heterocycles. The number of hydrogen-bond donors (Lipinski definition) is 2. The van der Waals surface area contributed by atoms with Crippen LogP contribution in [-0.2, 0) is 19.1 Å². The first kappa shape index (κ1) is 23.8. The highest BCUT2D eigenvalue weighted by molar-refractivity contribution is 6.09. The highest BCUT2D eigenvalue weighted by atomic mass is 16.5. The van der Waals surface area contributed by atoms with E-state index in [0.717, 1.165) is 36.1 Å². The van der Waals surface area contributed by atoms with Crippen molar-refractivity contribution in [3.63, 3.8) is 0 Å². The van der Waals surface area contributed by atoms with Gasteiger partial charge in [0.15, 0.2) is 6.10 Å². The molecule has 1 heterocycles. The molecule has 0 radical (unpaired) electrons. The topological polar surface area (TPSA) is 105 Å². The number of nitrogens with one attached hydrogen (secondary N) is 2. The van der Waals surface area contributed by atoms with Crippen molar-refractivity contribution < 1.29 is 23.9 Å². The molecule has 4 amide bonds. The van der Waals surface area contributed by atoms with Crippen LogP contribution in [0.2, 0.25) is 0 Å². The maximum Gasteiger partial charge on any atom is 0.327 e. The molecule has 1 aromatic carbocycles. The summed E-state index contributed by atoms with van der Waals surface area (Å²) in [6, 6.07) is 6.93. The number of carbonyl (C=O) groups is 4. The summed E-state index contributed by atoms with van der Waals surface area (Å²) in [6.45, 7) is 7.05. The summed E-state index contributed by atoms with van der Waals surface area (Å²) in [6.07, 6.45) is 3.13. The highest BCUT2D eigenvalue weighted by Crippen LogP contribution is 2.38. The third-order valence-corrected chi connectivity index (χ3v) is 6.83. The number of urea groups is 1. The fraction of sp³-hybridized carbons (Fsp3) is 0.583. The van der Waals surface area contributed by atoms with E-state index in [4.69, 9.17) is 4.74 Å². The first-order valence-corrected chi connectivity index (χ1v) is 11.4. The van der Waals surface area contributed by atoms with Crippen molar-refractivity contribution in [2.24, 2.45) is 5.92 Å². The van der Waals surface area contributed by atoms with E-state index in [1.165, 1.54) is 6.92 Å². The predicted octanol–water partition coefficient (Wildman–Crippen LogP) is 3.57. The van der Waals surface area contributed by atoms with Crippen molar-refractivity contribution in [3.05, 3.63) is 29.8 Å². The van der Waals surface area contributed by atoms with Gasteiger partial charge in [0.1, 0.15) is 12.1 Å². The molecule has 1 spiro atoms. The summed E-state index contributed by atoms with van der Waals surface area (Å²) < 4.78 is 5.25. The first-order chi connectivity index (χ1) is 15.2. The number of ether oxygens (including phenoxy) is 1. The highest BCUT2D eigenvalue weighted by Gasteiger charge is 2.55. The number of amides is 4. The Morgan fingerprint density at radius 1 is 1.25 bits per heavy atom. The fourth-order valence-corrected chi connectivity index (χ4v) is 4.55. The quantitative estimate of drug-likeness (QED) is 0.495. The number of esters is 1. The van der Waals surface area contributed by atoms with Crippen LogP contribution in [0.5, 0.6) is 0 Å². The van der Waals surface area contributed by atoms with Gasteiger partial charge in [-0.3, -0.25) is 19.3 Å². The number of hydrogen-bond acceptors (Lipinski definition) is 5. The first-order valence-electron chi connectivity index (χ1n) is 11.4. The minimum absolute atomic E-state index is 0.00371. The number of benzene rings is 1.